The van der Waals surface area contributed by atoms with Gasteiger partial charge in [-0.25, -0.2) is 4.39 Å². The molecule has 1 aliphatic rings. The molecule has 4 nitrogen and oxygen atoms in total. The van der Waals surface area contributed by atoms with E-state index >= 15 is 0 Å². The van der Waals surface area contributed by atoms with Gasteiger partial charge in [0.25, 0.3) is 5.91 Å². The van der Waals surface area contributed by atoms with Crippen LogP contribution in [0, 0.1) is 5.82 Å². The first-order valence-electron chi connectivity index (χ1n) is 11.1. The molecule has 0 N–H and O–H groups in total. The molecule has 0 unspecified atom stereocenters. The number of nitrogens with zero attached hydrogens (tertiary/aromatic N) is 1. The summed E-state index contributed by atoms with van der Waals surface area (Å²) in [6, 6.07) is 19.8. The average Bonchev–Trinajstić information content (AvgIpc) is 3.12. The van der Waals surface area contributed by atoms with Gasteiger partial charge in [0.15, 0.2) is 15.8 Å². The van der Waals surface area contributed by atoms with Crippen molar-refractivity contribution in [2.75, 3.05) is 11.5 Å². The highest BCUT2D eigenvalue weighted by molar-refractivity contribution is 8.27. The topological polar surface area (TPSA) is 38.8 Å². The van der Waals surface area contributed by atoms with Crippen LogP contribution >= 0.6 is 24.0 Å². The number of carbonyl (C=O) groups is 1. The van der Waals surface area contributed by atoms with Gasteiger partial charge in [-0.15, -0.1) is 6.58 Å². The molecule has 1 amide bonds. The largest absolute Gasteiger partial charge is 0.490 e. The fourth-order valence-electron chi connectivity index (χ4n) is 3.69. The third kappa shape index (κ3) is 5.63. The minimum atomic E-state index is -0.503. The maximum atomic E-state index is 14.3. The Labute approximate surface area is 214 Å². The predicted molar refractivity (Wildman–Crippen MR) is 144 cm³/mol. The lowest BCUT2D eigenvalue weighted by Crippen LogP contribution is -2.28. The minimum absolute atomic E-state index is 0.144. The summed E-state index contributed by atoms with van der Waals surface area (Å²) in [6.07, 6.45) is 4.10. The number of ether oxygens (including phenoxy) is 2. The summed E-state index contributed by atoms with van der Waals surface area (Å²) in [4.78, 5) is 14.8. The molecule has 0 aliphatic carbocycles. The number of anilines is 1. The zero-order chi connectivity index (χ0) is 24.8. The summed E-state index contributed by atoms with van der Waals surface area (Å²) in [6.45, 7) is 6.62. The fraction of sp³-hybridized carbons (Fsp3) is 0.143. The molecule has 3 aromatic carbocycles. The quantitative estimate of drug-likeness (QED) is 0.179. The van der Waals surface area contributed by atoms with Crippen molar-refractivity contribution in [1.29, 1.82) is 0 Å². The molecule has 0 bridgehead atoms. The fourth-order valence-corrected chi connectivity index (χ4v) is 4.98. The van der Waals surface area contributed by atoms with E-state index in [2.05, 4.69) is 6.58 Å². The molecule has 1 aliphatic heterocycles. The molecular weight excluding hydrogens is 481 g/mol. The molecular formula is C28H24FNO3S2. The summed E-state index contributed by atoms with van der Waals surface area (Å²) in [5, 5.41) is 0. The molecule has 0 spiro atoms. The van der Waals surface area contributed by atoms with Crippen LogP contribution in [-0.2, 0) is 17.8 Å². The molecule has 1 saturated heterocycles. The van der Waals surface area contributed by atoms with Gasteiger partial charge in [0.2, 0.25) is 0 Å². The zero-order valence-electron chi connectivity index (χ0n) is 19.2. The van der Waals surface area contributed by atoms with Gasteiger partial charge in [0.1, 0.15) is 12.4 Å². The number of benzene rings is 3. The Bertz CT molecular complexity index is 1290. The van der Waals surface area contributed by atoms with Crippen LogP contribution < -0.4 is 14.4 Å². The number of carbonyl (C=O) groups excluding carboxylic acids is 1. The van der Waals surface area contributed by atoms with Crippen LogP contribution in [0.5, 0.6) is 11.5 Å². The lowest BCUT2D eigenvalue weighted by atomic mass is 10.0. The van der Waals surface area contributed by atoms with Crippen molar-refractivity contribution in [3.05, 3.63) is 107 Å². The molecule has 35 heavy (non-hydrogen) atoms. The van der Waals surface area contributed by atoms with E-state index < -0.39 is 5.82 Å². The zero-order valence-corrected chi connectivity index (χ0v) is 20.8. The summed E-state index contributed by atoms with van der Waals surface area (Å²) in [5.41, 5.74) is 2.83. The lowest BCUT2D eigenvalue weighted by molar-refractivity contribution is -0.113. The molecule has 0 saturated carbocycles. The van der Waals surface area contributed by atoms with E-state index in [9.17, 15) is 9.18 Å². The molecule has 0 aromatic heterocycles. The number of rotatable bonds is 9. The second-order valence-corrected chi connectivity index (χ2v) is 9.35. The van der Waals surface area contributed by atoms with Gasteiger partial charge in [-0.3, -0.25) is 9.69 Å². The second kappa shape index (κ2) is 11.3. The van der Waals surface area contributed by atoms with Gasteiger partial charge in [-0.05, 0) is 54.8 Å². The first kappa shape index (κ1) is 24.7. The number of halogens is 1. The third-order valence-corrected chi connectivity index (χ3v) is 6.53. The molecule has 1 heterocycles. The van der Waals surface area contributed by atoms with Crippen LogP contribution in [0.15, 0.2) is 84.3 Å². The van der Waals surface area contributed by atoms with Gasteiger partial charge in [0.05, 0.1) is 17.2 Å². The van der Waals surface area contributed by atoms with Crippen LogP contribution in [0.3, 0.4) is 0 Å². The maximum Gasteiger partial charge on any atom is 0.270 e. The van der Waals surface area contributed by atoms with E-state index in [-0.39, 0.29) is 15.9 Å². The van der Waals surface area contributed by atoms with E-state index in [0.717, 1.165) is 28.5 Å². The van der Waals surface area contributed by atoms with Gasteiger partial charge in [-0.1, -0.05) is 72.5 Å². The number of hydrogen-bond acceptors (Lipinski definition) is 5. The highest BCUT2D eigenvalue weighted by atomic mass is 32.2. The Morgan fingerprint density at radius 3 is 2.54 bits per heavy atom. The molecule has 178 valence electrons. The number of para-hydroxylation sites is 1. The number of allylic oxidation sites excluding steroid dienone is 1. The molecule has 1 fully saturated rings. The average molecular weight is 506 g/mol. The van der Waals surface area contributed by atoms with Crippen LogP contribution in [0.1, 0.15) is 23.6 Å². The van der Waals surface area contributed by atoms with Crippen molar-refractivity contribution in [2.45, 2.75) is 20.0 Å². The molecule has 3 aromatic rings. The van der Waals surface area contributed by atoms with Crippen LogP contribution in [0.25, 0.3) is 6.08 Å². The highest BCUT2D eigenvalue weighted by Crippen LogP contribution is 2.39. The van der Waals surface area contributed by atoms with Crippen molar-refractivity contribution in [2.24, 2.45) is 0 Å². The van der Waals surface area contributed by atoms with Crippen molar-refractivity contribution in [3.8, 4) is 11.5 Å². The van der Waals surface area contributed by atoms with E-state index in [0.29, 0.717) is 36.0 Å². The Kier molecular flexibility index (Phi) is 8.00. The van der Waals surface area contributed by atoms with Gasteiger partial charge < -0.3 is 9.47 Å². The summed E-state index contributed by atoms with van der Waals surface area (Å²) in [7, 11) is 0. The van der Waals surface area contributed by atoms with E-state index in [1.54, 1.807) is 24.3 Å². The summed E-state index contributed by atoms with van der Waals surface area (Å²) >= 11 is 6.53. The molecule has 0 radical (unpaired) electrons. The maximum absolute atomic E-state index is 14.3. The summed E-state index contributed by atoms with van der Waals surface area (Å²) in [5.74, 6) is 0.361. The Morgan fingerprint density at radius 2 is 1.83 bits per heavy atom. The van der Waals surface area contributed by atoms with Crippen LogP contribution in [0.4, 0.5) is 10.1 Å². The second-order valence-electron chi connectivity index (χ2n) is 7.68. The minimum Gasteiger partial charge on any atom is -0.490 e. The van der Waals surface area contributed by atoms with Gasteiger partial charge in [-0.2, -0.15) is 0 Å². The van der Waals surface area contributed by atoms with E-state index in [4.69, 9.17) is 21.7 Å². The normalized spacial score (nSPS) is 14.5. The third-order valence-electron chi connectivity index (χ3n) is 5.23. The van der Waals surface area contributed by atoms with Gasteiger partial charge in [0, 0.05) is 5.56 Å². The van der Waals surface area contributed by atoms with E-state index in [1.165, 1.54) is 17.0 Å². The predicted octanol–water partition coefficient (Wildman–Crippen LogP) is 6.94. The molecule has 7 heteroatoms. The Morgan fingerprint density at radius 1 is 1.09 bits per heavy atom. The Balaban J connectivity index is 1.68. The lowest BCUT2D eigenvalue weighted by Gasteiger charge is -2.17. The SMILES string of the molecule is C=CCc1cc(/C=C2/SC(=S)N(c3ccccc3F)C2=O)cc(OCC)c1OCc1ccccc1. The van der Waals surface area contributed by atoms with Crippen LogP contribution in [-0.4, -0.2) is 16.8 Å². The van der Waals surface area contributed by atoms with Crippen LogP contribution in [0.2, 0.25) is 0 Å². The van der Waals surface area contributed by atoms with Crippen molar-refractivity contribution >= 4 is 46.0 Å². The first-order chi connectivity index (χ1) is 17.0. The summed E-state index contributed by atoms with van der Waals surface area (Å²) < 4.78 is 26.7. The molecule has 4 rings (SSSR count). The number of thioether (sulfide) groups is 1. The number of thiocarbonyl (C=S) groups is 1. The molecule has 0 atom stereocenters. The Hall–Kier alpha value is -3.42. The number of hydrogen-bond donors (Lipinski definition) is 0. The van der Waals surface area contributed by atoms with Gasteiger partial charge >= 0.3 is 0 Å². The highest BCUT2D eigenvalue weighted by Gasteiger charge is 2.34. The smallest absolute Gasteiger partial charge is 0.270 e. The standard InChI is InChI=1S/C28H24FNO3S2/c1-3-10-21-15-20(16-24(32-4-2)26(21)33-18-19-11-6-5-7-12-19)17-25-27(31)30(28(34)35-25)23-14-9-8-13-22(23)29/h3,5-9,11-17H,1,4,10,18H2,2H3/b25-17+. The van der Waals surface area contributed by atoms with Crippen molar-refractivity contribution in [3.63, 3.8) is 0 Å². The monoisotopic (exact) mass is 505 g/mol. The van der Waals surface area contributed by atoms with E-state index in [1.807, 2.05) is 49.4 Å². The first-order valence-corrected chi connectivity index (χ1v) is 12.3. The van der Waals surface area contributed by atoms with Crippen molar-refractivity contribution < 1.29 is 18.7 Å². The number of amides is 1. The van der Waals surface area contributed by atoms with Crippen molar-refractivity contribution in [1.82, 2.24) is 0 Å².